The second-order valence-electron chi connectivity index (χ2n) is 7.50. The van der Waals surface area contributed by atoms with Gasteiger partial charge < -0.3 is 15.4 Å². The van der Waals surface area contributed by atoms with E-state index in [4.69, 9.17) is 0 Å². The highest BCUT2D eigenvalue weighted by atomic mass is 19.4. The van der Waals surface area contributed by atoms with Crippen molar-refractivity contribution in [1.29, 1.82) is 0 Å². The smallest absolute Gasteiger partial charge is 0.465 e. The largest absolute Gasteiger partial charge is 0.471 e. The van der Waals surface area contributed by atoms with E-state index < -0.39 is 41.1 Å². The first-order valence-corrected chi connectivity index (χ1v) is 9.82. The van der Waals surface area contributed by atoms with Gasteiger partial charge in [0.2, 0.25) is 5.91 Å². The highest BCUT2D eigenvalue weighted by Gasteiger charge is 2.54. The number of benzene rings is 2. The van der Waals surface area contributed by atoms with E-state index in [1.807, 2.05) is 0 Å². The van der Waals surface area contributed by atoms with Crippen LogP contribution in [0.25, 0.3) is 11.1 Å². The molecular weight excluding hydrogens is 451 g/mol. The first-order chi connectivity index (χ1) is 15.5. The molecule has 1 aliphatic carbocycles. The molecule has 0 aliphatic heterocycles. The number of halogens is 5. The number of amides is 2. The van der Waals surface area contributed by atoms with Crippen molar-refractivity contribution < 1.29 is 41.1 Å². The van der Waals surface area contributed by atoms with Crippen molar-refractivity contribution in [3.05, 3.63) is 59.2 Å². The van der Waals surface area contributed by atoms with Crippen LogP contribution in [0.2, 0.25) is 0 Å². The lowest BCUT2D eigenvalue weighted by atomic mass is 9.97. The molecule has 0 saturated heterocycles. The number of hydrogen-bond acceptors (Lipinski definition) is 4. The zero-order valence-electron chi connectivity index (χ0n) is 17.3. The van der Waals surface area contributed by atoms with E-state index in [1.54, 1.807) is 5.32 Å². The molecule has 1 aliphatic rings. The van der Waals surface area contributed by atoms with Gasteiger partial charge in [-0.05, 0) is 48.1 Å². The second kappa shape index (κ2) is 9.16. The molecule has 2 N–H and O–H groups in total. The minimum absolute atomic E-state index is 0.00810. The van der Waals surface area contributed by atoms with E-state index >= 15 is 0 Å². The summed E-state index contributed by atoms with van der Waals surface area (Å²) in [4.78, 5) is 35.2. The lowest BCUT2D eigenvalue weighted by molar-refractivity contribution is -0.175. The standard InChI is InChI=1S/C22H19F5N2O4/c1-33-18(30)17-14(3-2-4-15(17)23)13-6-5-12(16(24)11-13)7-10-28-19(31)21(8-9-21)29-20(32)22(25,26)27/h2-6,11H,7-10H2,1H3,(H,28,31)(H,29,32). The first-order valence-electron chi connectivity index (χ1n) is 9.82. The van der Waals surface area contributed by atoms with Crippen LogP contribution in [0, 0.1) is 11.6 Å². The monoisotopic (exact) mass is 470 g/mol. The van der Waals surface area contributed by atoms with Crippen molar-refractivity contribution in [2.75, 3.05) is 13.7 Å². The van der Waals surface area contributed by atoms with Gasteiger partial charge in [-0.25, -0.2) is 13.6 Å². The summed E-state index contributed by atoms with van der Waals surface area (Å²) in [5.41, 5.74) is -1.39. The van der Waals surface area contributed by atoms with E-state index in [9.17, 15) is 36.3 Å². The van der Waals surface area contributed by atoms with E-state index in [2.05, 4.69) is 10.1 Å². The van der Waals surface area contributed by atoms with Gasteiger partial charge in [0, 0.05) is 6.54 Å². The SMILES string of the molecule is COC(=O)c1c(F)cccc1-c1ccc(CCNC(=O)C2(NC(=O)C(F)(F)F)CC2)c(F)c1. The predicted molar refractivity (Wildman–Crippen MR) is 106 cm³/mol. The van der Waals surface area contributed by atoms with Crippen molar-refractivity contribution in [2.45, 2.75) is 31.0 Å². The topological polar surface area (TPSA) is 84.5 Å². The van der Waals surface area contributed by atoms with Crippen LogP contribution in [0.3, 0.4) is 0 Å². The van der Waals surface area contributed by atoms with Gasteiger partial charge in [-0.2, -0.15) is 13.2 Å². The van der Waals surface area contributed by atoms with Crippen LogP contribution in [0.4, 0.5) is 22.0 Å². The maximum Gasteiger partial charge on any atom is 0.471 e. The fourth-order valence-corrected chi connectivity index (χ4v) is 3.29. The van der Waals surface area contributed by atoms with Gasteiger partial charge in [-0.1, -0.05) is 24.3 Å². The molecule has 0 unspecified atom stereocenters. The van der Waals surface area contributed by atoms with E-state index in [0.29, 0.717) is 0 Å². The summed E-state index contributed by atoms with van der Waals surface area (Å²) in [5, 5.41) is 4.10. The van der Waals surface area contributed by atoms with Crippen LogP contribution in [0.5, 0.6) is 0 Å². The number of hydrogen-bond donors (Lipinski definition) is 2. The zero-order valence-corrected chi connectivity index (χ0v) is 17.3. The molecule has 0 aromatic heterocycles. The molecule has 3 rings (SSSR count). The average Bonchev–Trinajstić information content (AvgIpc) is 3.54. The van der Waals surface area contributed by atoms with Crippen molar-refractivity contribution in [1.82, 2.24) is 10.6 Å². The molecule has 6 nitrogen and oxygen atoms in total. The molecule has 33 heavy (non-hydrogen) atoms. The van der Waals surface area contributed by atoms with Gasteiger partial charge in [0.1, 0.15) is 22.7 Å². The molecular formula is C22H19F5N2O4. The van der Waals surface area contributed by atoms with Gasteiger partial charge in [0.25, 0.3) is 0 Å². The number of methoxy groups -OCH3 is 1. The summed E-state index contributed by atoms with van der Waals surface area (Å²) in [7, 11) is 1.09. The van der Waals surface area contributed by atoms with Crippen molar-refractivity contribution >= 4 is 17.8 Å². The third-order valence-corrected chi connectivity index (χ3v) is 5.24. The molecule has 0 radical (unpaired) electrons. The van der Waals surface area contributed by atoms with Gasteiger partial charge >= 0.3 is 18.1 Å². The normalized spacial score (nSPS) is 14.4. The number of carbonyl (C=O) groups excluding carboxylic acids is 3. The summed E-state index contributed by atoms with van der Waals surface area (Å²) in [6.45, 7) is -0.0912. The van der Waals surface area contributed by atoms with Crippen LogP contribution in [-0.4, -0.2) is 43.2 Å². The van der Waals surface area contributed by atoms with Gasteiger partial charge in [0.05, 0.1) is 7.11 Å². The number of ether oxygens (including phenoxy) is 1. The number of alkyl halides is 3. The Labute approximate surface area is 185 Å². The Hall–Kier alpha value is -3.50. The quantitative estimate of drug-likeness (QED) is 0.481. The highest BCUT2D eigenvalue weighted by Crippen LogP contribution is 2.36. The van der Waals surface area contributed by atoms with E-state index in [0.717, 1.165) is 19.2 Å². The van der Waals surface area contributed by atoms with Crippen LogP contribution in [0.15, 0.2) is 36.4 Å². The number of carbonyl (C=O) groups is 3. The Morgan fingerprint density at radius 3 is 2.33 bits per heavy atom. The Morgan fingerprint density at radius 2 is 1.76 bits per heavy atom. The third-order valence-electron chi connectivity index (χ3n) is 5.24. The van der Waals surface area contributed by atoms with Crippen LogP contribution in [-0.2, 0) is 20.7 Å². The minimum Gasteiger partial charge on any atom is -0.465 e. The summed E-state index contributed by atoms with van der Waals surface area (Å²) in [6.07, 6.45) is -4.95. The molecule has 2 aromatic rings. The van der Waals surface area contributed by atoms with Crippen molar-refractivity contribution in [3.8, 4) is 11.1 Å². The second-order valence-corrected chi connectivity index (χ2v) is 7.50. The molecule has 0 heterocycles. The highest BCUT2D eigenvalue weighted by molar-refractivity contribution is 5.97. The molecule has 0 spiro atoms. The molecule has 2 aromatic carbocycles. The van der Waals surface area contributed by atoms with Crippen molar-refractivity contribution in [3.63, 3.8) is 0 Å². The maximum absolute atomic E-state index is 14.6. The average molecular weight is 470 g/mol. The fourth-order valence-electron chi connectivity index (χ4n) is 3.29. The molecule has 0 atom stereocenters. The number of rotatable bonds is 7. The Morgan fingerprint density at radius 1 is 1.06 bits per heavy atom. The molecule has 1 fully saturated rings. The van der Waals surface area contributed by atoms with Gasteiger partial charge in [-0.15, -0.1) is 0 Å². The minimum atomic E-state index is -5.10. The lowest BCUT2D eigenvalue weighted by Gasteiger charge is -2.18. The lowest BCUT2D eigenvalue weighted by Crippen LogP contribution is -2.52. The maximum atomic E-state index is 14.6. The molecule has 11 heteroatoms. The molecule has 176 valence electrons. The number of nitrogens with one attached hydrogen (secondary N) is 2. The summed E-state index contributed by atoms with van der Waals surface area (Å²) in [5.74, 6) is -5.39. The summed E-state index contributed by atoms with van der Waals surface area (Å²) < 4.78 is 70.6. The Bertz CT molecular complexity index is 1100. The Kier molecular flexibility index (Phi) is 6.71. The predicted octanol–water partition coefficient (Wildman–Crippen LogP) is 3.29. The number of esters is 1. The van der Waals surface area contributed by atoms with Gasteiger partial charge in [0.15, 0.2) is 0 Å². The van der Waals surface area contributed by atoms with E-state index in [-0.39, 0.29) is 48.1 Å². The zero-order chi connectivity index (χ0) is 24.4. The molecule has 0 bridgehead atoms. The first kappa shape index (κ1) is 24.1. The summed E-state index contributed by atoms with van der Waals surface area (Å²) >= 11 is 0. The summed E-state index contributed by atoms with van der Waals surface area (Å²) in [6, 6.07) is 7.84. The van der Waals surface area contributed by atoms with Crippen LogP contribution < -0.4 is 10.6 Å². The molecule has 1 saturated carbocycles. The fraction of sp³-hybridized carbons (Fsp3) is 0.318. The third kappa shape index (κ3) is 5.29. The van der Waals surface area contributed by atoms with Gasteiger partial charge in [-0.3, -0.25) is 9.59 Å². The van der Waals surface area contributed by atoms with E-state index in [1.165, 1.54) is 24.3 Å². The molecule has 2 amide bonds. The van der Waals surface area contributed by atoms with Crippen molar-refractivity contribution in [2.24, 2.45) is 0 Å². The Balaban J connectivity index is 1.66. The van der Waals surface area contributed by atoms with Crippen LogP contribution in [0.1, 0.15) is 28.8 Å². The van der Waals surface area contributed by atoms with Crippen LogP contribution >= 0.6 is 0 Å².